The predicted octanol–water partition coefficient (Wildman–Crippen LogP) is 3.17. The van der Waals surface area contributed by atoms with E-state index in [9.17, 15) is 0 Å². The Kier molecular flexibility index (Phi) is 4.08. The molecule has 90 valence electrons. The van der Waals surface area contributed by atoms with Crippen molar-refractivity contribution >= 4 is 0 Å². The van der Waals surface area contributed by atoms with E-state index < -0.39 is 0 Å². The molecule has 1 aliphatic rings. The minimum Gasteiger partial charge on any atom is -0.240 e. The van der Waals surface area contributed by atoms with Crippen molar-refractivity contribution in [3.8, 4) is 6.07 Å². The van der Waals surface area contributed by atoms with Gasteiger partial charge in [0.1, 0.15) is 11.9 Å². The van der Waals surface area contributed by atoms with Gasteiger partial charge in [0.15, 0.2) is 0 Å². The lowest BCUT2D eigenvalue weighted by Gasteiger charge is -2.21. The summed E-state index contributed by atoms with van der Waals surface area (Å²) in [5.74, 6) is 1.60. The molecule has 17 heavy (non-hydrogen) atoms. The van der Waals surface area contributed by atoms with E-state index >= 15 is 0 Å². The fraction of sp³-hybridized carbons (Fsp3) is 0.643. The zero-order valence-electron chi connectivity index (χ0n) is 10.4. The monoisotopic (exact) mass is 229 g/mol. The summed E-state index contributed by atoms with van der Waals surface area (Å²) in [7, 11) is 0. The van der Waals surface area contributed by atoms with Gasteiger partial charge >= 0.3 is 0 Å². The number of aromatic nitrogens is 2. The second-order valence-electron chi connectivity index (χ2n) is 4.93. The van der Waals surface area contributed by atoms with E-state index in [-0.39, 0.29) is 0 Å². The quantitative estimate of drug-likeness (QED) is 0.799. The Morgan fingerprint density at radius 1 is 1.35 bits per heavy atom. The number of rotatable bonds is 3. The smallest absolute Gasteiger partial charge is 0.125 e. The summed E-state index contributed by atoms with van der Waals surface area (Å²) in [6.07, 6.45) is 10.6. The van der Waals surface area contributed by atoms with Gasteiger partial charge in [0.25, 0.3) is 0 Å². The third-order valence-corrected chi connectivity index (χ3v) is 3.62. The summed E-state index contributed by atoms with van der Waals surface area (Å²) < 4.78 is 0. The maximum atomic E-state index is 9.02. The van der Waals surface area contributed by atoms with Gasteiger partial charge in [-0.2, -0.15) is 5.26 Å². The largest absolute Gasteiger partial charge is 0.240 e. The lowest BCUT2D eigenvalue weighted by atomic mass is 9.85. The normalized spacial score (nSPS) is 16.7. The first-order valence-corrected chi connectivity index (χ1v) is 6.52. The maximum Gasteiger partial charge on any atom is 0.125 e. The number of nitriles is 1. The summed E-state index contributed by atoms with van der Waals surface area (Å²) in [5.41, 5.74) is 1.58. The van der Waals surface area contributed by atoms with E-state index in [0.717, 1.165) is 23.9 Å². The summed E-state index contributed by atoms with van der Waals surface area (Å²) >= 11 is 0. The van der Waals surface area contributed by atoms with Crippen LogP contribution < -0.4 is 0 Å². The highest BCUT2D eigenvalue weighted by molar-refractivity contribution is 5.30. The number of nitrogens with zero attached hydrogens (tertiary/aromatic N) is 3. The first-order valence-electron chi connectivity index (χ1n) is 6.52. The van der Waals surface area contributed by atoms with Gasteiger partial charge in [-0.3, -0.25) is 0 Å². The second-order valence-corrected chi connectivity index (χ2v) is 4.93. The van der Waals surface area contributed by atoms with Crippen LogP contribution in [-0.2, 0) is 6.42 Å². The zero-order chi connectivity index (χ0) is 12.1. The highest BCUT2D eigenvalue weighted by Crippen LogP contribution is 2.27. The molecule has 1 aromatic rings. The van der Waals surface area contributed by atoms with E-state index in [1.54, 1.807) is 6.20 Å². The van der Waals surface area contributed by atoms with Gasteiger partial charge in [-0.15, -0.1) is 0 Å². The van der Waals surface area contributed by atoms with Gasteiger partial charge in [-0.1, -0.05) is 32.1 Å². The molecule has 0 atom stereocenters. The molecule has 0 bridgehead atoms. The van der Waals surface area contributed by atoms with Crippen molar-refractivity contribution in [3.63, 3.8) is 0 Å². The van der Waals surface area contributed by atoms with Crippen molar-refractivity contribution in [3.05, 3.63) is 23.3 Å². The molecule has 0 N–H and O–H groups in total. The second kappa shape index (κ2) is 5.77. The summed E-state index contributed by atoms with van der Waals surface area (Å²) in [6, 6.07) is 2.19. The minimum atomic E-state index is 0.645. The van der Waals surface area contributed by atoms with Crippen LogP contribution in [-0.4, -0.2) is 9.97 Å². The lowest BCUT2D eigenvalue weighted by Crippen LogP contribution is -2.09. The molecule has 0 saturated heterocycles. The Morgan fingerprint density at radius 3 is 2.82 bits per heavy atom. The summed E-state index contributed by atoms with van der Waals surface area (Å²) in [4.78, 5) is 8.47. The molecule has 3 heteroatoms. The average molecular weight is 229 g/mol. The first-order chi connectivity index (χ1) is 8.29. The predicted molar refractivity (Wildman–Crippen MR) is 66.4 cm³/mol. The summed E-state index contributed by atoms with van der Waals surface area (Å²) in [6.45, 7) is 1.88. The SMILES string of the molecule is Cc1ncc(C#N)c(CCC2CCCCC2)n1. The lowest BCUT2D eigenvalue weighted by molar-refractivity contribution is 0.338. The van der Waals surface area contributed by atoms with Crippen LogP contribution in [0.15, 0.2) is 6.20 Å². The van der Waals surface area contributed by atoms with Crippen LogP contribution in [0.2, 0.25) is 0 Å². The van der Waals surface area contributed by atoms with Crippen molar-refractivity contribution in [1.29, 1.82) is 5.26 Å². The van der Waals surface area contributed by atoms with E-state index in [2.05, 4.69) is 16.0 Å². The fourth-order valence-corrected chi connectivity index (χ4v) is 2.62. The fourth-order valence-electron chi connectivity index (χ4n) is 2.62. The molecular formula is C14H19N3. The molecule has 1 aliphatic carbocycles. The van der Waals surface area contributed by atoms with Crippen LogP contribution >= 0.6 is 0 Å². The van der Waals surface area contributed by atoms with Gasteiger partial charge in [-0.05, 0) is 25.7 Å². The maximum absolute atomic E-state index is 9.02. The zero-order valence-corrected chi connectivity index (χ0v) is 10.4. The molecule has 0 amide bonds. The standard InChI is InChI=1S/C14H19N3/c1-11-16-10-13(9-15)14(17-11)8-7-12-5-3-2-4-6-12/h10,12H,2-8H2,1H3. The van der Waals surface area contributed by atoms with E-state index in [4.69, 9.17) is 5.26 Å². The molecule has 1 heterocycles. The third-order valence-electron chi connectivity index (χ3n) is 3.62. The van der Waals surface area contributed by atoms with Crippen LogP contribution in [0.3, 0.4) is 0 Å². The molecule has 2 rings (SSSR count). The Balaban J connectivity index is 1.98. The van der Waals surface area contributed by atoms with Crippen LogP contribution in [0, 0.1) is 24.2 Å². The molecule has 0 aliphatic heterocycles. The summed E-state index contributed by atoms with van der Waals surface area (Å²) in [5, 5.41) is 9.02. The molecule has 3 nitrogen and oxygen atoms in total. The minimum absolute atomic E-state index is 0.645. The average Bonchev–Trinajstić information content (AvgIpc) is 2.38. The van der Waals surface area contributed by atoms with E-state index in [1.165, 1.54) is 38.5 Å². The van der Waals surface area contributed by atoms with Gasteiger partial charge in [0.2, 0.25) is 0 Å². The first kappa shape index (κ1) is 12.0. The molecule has 0 unspecified atom stereocenters. The van der Waals surface area contributed by atoms with Crippen molar-refractivity contribution in [2.45, 2.75) is 51.9 Å². The highest BCUT2D eigenvalue weighted by Gasteiger charge is 2.14. The Labute approximate surface area is 103 Å². The number of hydrogen-bond donors (Lipinski definition) is 0. The van der Waals surface area contributed by atoms with Gasteiger partial charge < -0.3 is 0 Å². The van der Waals surface area contributed by atoms with Crippen molar-refractivity contribution in [2.24, 2.45) is 5.92 Å². The van der Waals surface area contributed by atoms with Gasteiger partial charge in [-0.25, -0.2) is 9.97 Å². The van der Waals surface area contributed by atoms with Gasteiger partial charge in [0, 0.05) is 6.20 Å². The van der Waals surface area contributed by atoms with Crippen molar-refractivity contribution < 1.29 is 0 Å². The molecule has 1 fully saturated rings. The number of aryl methyl sites for hydroxylation is 2. The molecule has 0 spiro atoms. The topological polar surface area (TPSA) is 49.6 Å². The Bertz CT molecular complexity index is 414. The Morgan fingerprint density at radius 2 is 2.12 bits per heavy atom. The van der Waals surface area contributed by atoms with Crippen molar-refractivity contribution in [2.75, 3.05) is 0 Å². The molecular weight excluding hydrogens is 210 g/mol. The molecule has 0 radical (unpaired) electrons. The van der Waals surface area contributed by atoms with Crippen LogP contribution in [0.5, 0.6) is 0 Å². The molecule has 1 aromatic heterocycles. The van der Waals surface area contributed by atoms with Crippen LogP contribution in [0.25, 0.3) is 0 Å². The van der Waals surface area contributed by atoms with Crippen LogP contribution in [0.4, 0.5) is 0 Å². The molecule has 0 aromatic carbocycles. The molecule has 1 saturated carbocycles. The van der Waals surface area contributed by atoms with Crippen LogP contribution in [0.1, 0.15) is 55.6 Å². The van der Waals surface area contributed by atoms with Crippen molar-refractivity contribution in [1.82, 2.24) is 9.97 Å². The number of hydrogen-bond acceptors (Lipinski definition) is 3. The van der Waals surface area contributed by atoms with Gasteiger partial charge in [0.05, 0.1) is 11.3 Å². The third kappa shape index (κ3) is 3.26. The highest BCUT2D eigenvalue weighted by atomic mass is 14.9. The van der Waals surface area contributed by atoms with E-state index in [0.29, 0.717) is 5.56 Å². The van der Waals surface area contributed by atoms with E-state index in [1.807, 2.05) is 6.92 Å². The Hall–Kier alpha value is -1.43.